The average molecular weight is 396 g/mol. The molecular formula is C23H41NO4. The first-order chi connectivity index (χ1) is 13.2. The van der Waals surface area contributed by atoms with Crippen LogP contribution < -0.4 is 5.11 Å². The number of allylic oxidation sites excluding steroid dienone is 3. The molecule has 0 bridgehead atoms. The molecular weight excluding hydrogens is 354 g/mol. The molecule has 0 radical (unpaired) electrons. The lowest BCUT2D eigenvalue weighted by Gasteiger charge is -2.28. The lowest BCUT2D eigenvalue weighted by Crippen LogP contribution is -2.45. The lowest BCUT2D eigenvalue weighted by atomic mass is 10.1. The van der Waals surface area contributed by atoms with Crippen LogP contribution in [-0.4, -0.2) is 50.2 Å². The fourth-order valence-electron chi connectivity index (χ4n) is 3.03. The van der Waals surface area contributed by atoms with Crippen LogP contribution in [0, 0.1) is 0 Å². The van der Waals surface area contributed by atoms with E-state index in [2.05, 4.69) is 13.0 Å². The second-order valence-corrected chi connectivity index (χ2v) is 8.51. The first-order valence-electron chi connectivity index (χ1n) is 10.8. The third-order valence-electron chi connectivity index (χ3n) is 4.38. The van der Waals surface area contributed by atoms with E-state index in [4.69, 9.17) is 4.74 Å². The number of carboxylic acid groups (broad SMARTS) is 1. The number of esters is 1. The Balaban J connectivity index is 3.91. The molecule has 0 rings (SSSR count). The summed E-state index contributed by atoms with van der Waals surface area (Å²) in [4.78, 5) is 22.7. The summed E-state index contributed by atoms with van der Waals surface area (Å²) in [6.07, 6.45) is 18.7. The van der Waals surface area contributed by atoms with Gasteiger partial charge in [0.2, 0.25) is 0 Å². The number of aliphatic carboxylic acids is 1. The molecule has 0 aliphatic heterocycles. The molecule has 0 aliphatic carbocycles. The van der Waals surface area contributed by atoms with E-state index in [-0.39, 0.29) is 6.42 Å². The molecule has 0 saturated heterocycles. The second-order valence-electron chi connectivity index (χ2n) is 8.51. The van der Waals surface area contributed by atoms with Crippen molar-refractivity contribution in [2.45, 2.75) is 83.7 Å². The molecule has 0 aliphatic rings. The third kappa shape index (κ3) is 19.2. The highest BCUT2D eigenvalue weighted by Gasteiger charge is 2.21. The molecule has 0 N–H and O–H groups in total. The minimum atomic E-state index is -1.21. The average Bonchev–Trinajstić information content (AvgIpc) is 2.56. The Bertz CT molecular complexity index is 477. The van der Waals surface area contributed by atoms with Crippen LogP contribution in [0.25, 0.3) is 0 Å². The molecule has 0 spiro atoms. The van der Waals surface area contributed by atoms with Gasteiger partial charge in [-0.05, 0) is 12.8 Å². The van der Waals surface area contributed by atoms with E-state index in [1.807, 2.05) is 27.2 Å². The van der Waals surface area contributed by atoms with Crippen molar-refractivity contribution in [3.63, 3.8) is 0 Å². The maximum atomic E-state index is 11.9. The number of rotatable bonds is 17. The van der Waals surface area contributed by atoms with Crippen LogP contribution in [0.2, 0.25) is 0 Å². The van der Waals surface area contributed by atoms with E-state index < -0.39 is 18.0 Å². The number of carboxylic acids is 1. The van der Waals surface area contributed by atoms with Gasteiger partial charge in [-0.15, -0.1) is 0 Å². The number of carbonyl (C=O) groups is 2. The Kier molecular flexibility index (Phi) is 15.4. The summed E-state index contributed by atoms with van der Waals surface area (Å²) in [5.41, 5.74) is 0. The normalized spacial score (nSPS) is 13.3. The van der Waals surface area contributed by atoms with Gasteiger partial charge in [0.15, 0.2) is 6.10 Å². The highest BCUT2D eigenvalue weighted by atomic mass is 16.5. The van der Waals surface area contributed by atoms with Crippen LogP contribution in [-0.2, 0) is 14.3 Å². The SMILES string of the molecule is CCCCCCCCCCC/C=C/C=C/C(=O)OC(CC(=O)[O-])C[N+](C)(C)C. The maximum Gasteiger partial charge on any atom is 0.331 e. The topological polar surface area (TPSA) is 66.4 Å². The molecule has 28 heavy (non-hydrogen) atoms. The minimum Gasteiger partial charge on any atom is -0.550 e. The zero-order valence-electron chi connectivity index (χ0n) is 18.5. The summed E-state index contributed by atoms with van der Waals surface area (Å²) in [5, 5.41) is 10.8. The van der Waals surface area contributed by atoms with E-state index >= 15 is 0 Å². The minimum absolute atomic E-state index is 0.288. The van der Waals surface area contributed by atoms with Crippen molar-refractivity contribution in [2.24, 2.45) is 0 Å². The van der Waals surface area contributed by atoms with Crippen LogP contribution in [0.3, 0.4) is 0 Å². The number of carbonyl (C=O) groups excluding carboxylic acids is 2. The summed E-state index contributed by atoms with van der Waals surface area (Å²) in [7, 11) is 5.75. The van der Waals surface area contributed by atoms with Crippen LogP contribution >= 0.6 is 0 Å². The Labute approximate surface area is 172 Å². The maximum absolute atomic E-state index is 11.9. The van der Waals surface area contributed by atoms with Crippen molar-refractivity contribution < 1.29 is 23.9 Å². The summed E-state index contributed by atoms with van der Waals surface area (Å²) < 4.78 is 5.76. The van der Waals surface area contributed by atoms with Crippen molar-refractivity contribution in [3.8, 4) is 0 Å². The standard InChI is InChI=1S/C23H41NO4/c1-5-6-7-8-9-10-11-12-13-14-15-16-17-18-23(27)28-21(19-22(25)26)20-24(2,3)4/h15-18,21H,5-14,19-20H2,1-4H3/b16-15+,18-17+. The number of unbranched alkanes of at least 4 members (excludes halogenated alkanes) is 9. The molecule has 5 nitrogen and oxygen atoms in total. The zero-order chi connectivity index (χ0) is 21.3. The fraction of sp³-hybridized carbons (Fsp3) is 0.739. The third-order valence-corrected chi connectivity index (χ3v) is 4.38. The predicted octanol–water partition coefficient (Wildman–Crippen LogP) is 3.78. The smallest absolute Gasteiger partial charge is 0.331 e. The monoisotopic (exact) mass is 395 g/mol. The van der Waals surface area contributed by atoms with Gasteiger partial charge in [0.1, 0.15) is 6.54 Å². The lowest BCUT2D eigenvalue weighted by molar-refractivity contribution is -0.873. The Morgan fingerprint density at radius 3 is 2.04 bits per heavy atom. The molecule has 1 atom stereocenters. The number of nitrogens with zero attached hydrogens (tertiary/aromatic N) is 1. The van der Waals surface area contributed by atoms with Crippen molar-refractivity contribution >= 4 is 11.9 Å². The van der Waals surface area contributed by atoms with E-state index in [0.717, 1.165) is 6.42 Å². The van der Waals surface area contributed by atoms with Gasteiger partial charge in [-0.3, -0.25) is 0 Å². The van der Waals surface area contributed by atoms with Gasteiger partial charge >= 0.3 is 5.97 Å². The van der Waals surface area contributed by atoms with E-state index in [1.54, 1.807) is 6.08 Å². The van der Waals surface area contributed by atoms with E-state index in [0.29, 0.717) is 11.0 Å². The number of likely N-dealkylation sites (N-methyl/N-ethyl adjacent to an activating group) is 1. The molecule has 0 heterocycles. The molecule has 5 heteroatoms. The molecule has 0 aromatic heterocycles. The highest BCUT2D eigenvalue weighted by Crippen LogP contribution is 2.10. The van der Waals surface area contributed by atoms with Gasteiger partial charge in [-0.25, -0.2) is 4.79 Å². The van der Waals surface area contributed by atoms with Crippen LogP contribution in [0.1, 0.15) is 77.6 Å². The van der Waals surface area contributed by atoms with Gasteiger partial charge in [0.25, 0.3) is 0 Å². The highest BCUT2D eigenvalue weighted by molar-refractivity contribution is 5.82. The Morgan fingerprint density at radius 1 is 0.929 bits per heavy atom. The van der Waals surface area contributed by atoms with Crippen molar-refractivity contribution in [1.82, 2.24) is 0 Å². The summed E-state index contributed by atoms with van der Waals surface area (Å²) in [6.45, 7) is 2.66. The number of hydrogen-bond acceptors (Lipinski definition) is 4. The zero-order valence-corrected chi connectivity index (χ0v) is 18.5. The number of ether oxygens (including phenoxy) is 1. The first-order valence-corrected chi connectivity index (χ1v) is 10.8. The molecule has 1 unspecified atom stereocenters. The van der Waals surface area contributed by atoms with Gasteiger partial charge in [-0.2, -0.15) is 0 Å². The molecule has 0 aromatic rings. The molecule has 0 fully saturated rings. The quantitative estimate of drug-likeness (QED) is 0.124. The van der Waals surface area contributed by atoms with E-state index in [1.165, 1.54) is 63.9 Å². The van der Waals surface area contributed by atoms with Crippen molar-refractivity contribution in [1.29, 1.82) is 0 Å². The number of quaternary nitrogens is 1. The van der Waals surface area contributed by atoms with Gasteiger partial charge in [-0.1, -0.05) is 76.5 Å². The summed E-state index contributed by atoms with van der Waals surface area (Å²) in [5.74, 6) is -1.73. The van der Waals surface area contributed by atoms with Gasteiger partial charge in [0, 0.05) is 18.5 Å². The molecule has 162 valence electrons. The molecule has 0 amide bonds. The van der Waals surface area contributed by atoms with Crippen LogP contribution in [0.15, 0.2) is 24.3 Å². The summed E-state index contributed by atoms with van der Waals surface area (Å²) >= 11 is 0. The van der Waals surface area contributed by atoms with Crippen LogP contribution in [0.5, 0.6) is 0 Å². The van der Waals surface area contributed by atoms with Crippen molar-refractivity contribution in [3.05, 3.63) is 24.3 Å². The Morgan fingerprint density at radius 2 is 1.50 bits per heavy atom. The van der Waals surface area contributed by atoms with Gasteiger partial charge < -0.3 is 19.1 Å². The molecule has 0 aromatic carbocycles. The van der Waals surface area contributed by atoms with Crippen molar-refractivity contribution in [2.75, 3.05) is 27.7 Å². The molecule has 0 saturated carbocycles. The van der Waals surface area contributed by atoms with Gasteiger partial charge in [0.05, 0.1) is 21.1 Å². The second kappa shape index (κ2) is 16.3. The largest absolute Gasteiger partial charge is 0.550 e. The van der Waals surface area contributed by atoms with E-state index in [9.17, 15) is 14.7 Å². The predicted molar refractivity (Wildman–Crippen MR) is 113 cm³/mol. The summed E-state index contributed by atoms with van der Waals surface area (Å²) in [6, 6.07) is 0. The fourth-order valence-corrected chi connectivity index (χ4v) is 3.03. The number of hydrogen-bond donors (Lipinski definition) is 0. The Hall–Kier alpha value is -1.62. The first kappa shape index (κ1) is 26.4. The van der Waals surface area contributed by atoms with Crippen LogP contribution in [0.4, 0.5) is 0 Å².